The molecule has 0 aromatic heterocycles. The molecule has 0 radical (unpaired) electrons. The second-order valence-electron chi connectivity index (χ2n) is 6.63. The summed E-state index contributed by atoms with van der Waals surface area (Å²) < 4.78 is 0. The van der Waals surface area contributed by atoms with E-state index in [4.69, 9.17) is 0 Å². The monoisotopic (exact) mass is 351 g/mol. The number of hydrogen-bond acceptors (Lipinski definition) is 2. The first kappa shape index (κ1) is 18.0. The van der Waals surface area contributed by atoms with Crippen molar-refractivity contribution < 1.29 is 9.59 Å². The summed E-state index contributed by atoms with van der Waals surface area (Å²) in [5.41, 5.74) is 2.85. The third-order valence-corrected chi connectivity index (χ3v) is 4.84. The molecule has 2 aromatic carbocycles. The number of nitrogens with one attached hydrogen (secondary N) is 2. The quantitative estimate of drug-likeness (QED) is 0.889. The highest BCUT2D eigenvalue weighted by atomic mass is 16.2. The van der Waals surface area contributed by atoms with Crippen molar-refractivity contribution in [2.24, 2.45) is 0 Å². The molecule has 1 atom stereocenters. The maximum atomic E-state index is 12.5. The third kappa shape index (κ3) is 4.42. The Morgan fingerprint density at radius 1 is 1.12 bits per heavy atom. The van der Waals surface area contributed by atoms with Gasteiger partial charge in [0.25, 0.3) is 5.91 Å². The van der Waals surface area contributed by atoms with E-state index in [9.17, 15) is 9.59 Å². The van der Waals surface area contributed by atoms with Crippen molar-refractivity contribution in [1.82, 2.24) is 15.5 Å². The lowest BCUT2D eigenvalue weighted by molar-refractivity contribution is 0.0950. The van der Waals surface area contributed by atoms with Gasteiger partial charge in [-0.3, -0.25) is 4.79 Å². The molecule has 0 saturated carbocycles. The number of amides is 3. The van der Waals surface area contributed by atoms with Gasteiger partial charge < -0.3 is 15.5 Å². The smallest absolute Gasteiger partial charge is 0.317 e. The van der Waals surface area contributed by atoms with Crippen molar-refractivity contribution in [2.45, 2.75) is 25.3 Å². The Morgan fingerprint density at radius 3 is 2.69 bits per heavy atom. The summed E-state index contributed by atoms with van der Waals surface area (Å²) in [5, 5.41) is 5.66. The van der Waals surface area contributed by atoms with Gasteiger partial charge in [0, 0.05) is 38.2 Å². The van der Waals surface area contributed by atoms with E-state index in [2.05, 4.69) is 10.6 Å². The Bertz CT molecular complexity index is 761. The fraction of sp³-hybridized carbons (Fsp3) is 0.333. The van der Waals surface area contributed by atoms with Crippen LogP contribution in [0.15, 0.2) is 54.6 Å². The molecule has 2 N–H and O–H groups in total. The average Bonchev–Trinajstić information content (AvgIpc) is 2.72. The summed E-state index contributed by atoms with van der Waals surface area (Å²) in [7, 11) is 1.66. The van der Waals surface area contributed by atoms with Crippen LogP contribution in [0.3, 0.4) is 0 Å². The summed E-state index contributed by atoms with van der Waals surface area (Å²) in [6.45, 7) is 1.99. The van der Waals surface area contributed by atoms with Gasteiger partial charge in [-0.25, -0.2) is 4.79 Å². The predicted octanol–water partition coefficient (Wildman–Crippen LogP) is 3.14. The molecule has 3 amide bonds. The van der Waals surface area contributed by atoms with E-state index in [0.717, 1.165) is 30.5 Å². The Hall–Kier alpha value is -2.82. The highest BCUT2D eigenvalue weighted by Gasteiger charge is 2.24. The fourth-order valence-electron chi connectivity index (χ4n) is 3.41. The van der Waals surface area contributed by atoms with Crippen molar-refractivity contribution in [3.05, 3.63) is 71.3 Å². The SMILES string of the molecule is CNC(=O)N1CCC[C@@H](c2cccc(C(=O)NCc3ccccc3)c2)C1. The van der Waals surface area contributed by atoms with Crippen LogP contribution < -0.4 is 10.6 Å². The van der Waals surface area contributed by atoms with Crippen molar-refractivity contribution >= 4 is 11.9 Å². The highest BCUT2D eigenvalue weighted by Crippen LogP contribution is 2.27. The zero-order chi connectivity index (χ0) is 18.4. The number of benzene rings is 2. The molecule has 3 rings (SSSR count). The lowest BCUT2D eigenvalue weighted by Crippen LogP contribution is -2.43. The molecule has 1 saturated heterocycles. The Balaban J connectivity index is 1.65. The minimum Gasteiger partial charge on any atom is -0.348 e. The molecule has 0 unspecified atom stereocenters. The number of carbonyl (C=O) groups excluding carboxylic acids is 2. The van der Waals surface area contributed by atoms with Crippen LogP contribution in [0.2, 0.25) is 0 Å². The second kappa shape index (κ2) is 8.52. The van der Waals surface area contributed by atoms with Gasteiger partial charge in [0.05, 0.1) is 0 Å². The zero-order valence-corrected chi connectivity index (χ0v) is 15.1. The zero-order valence-electron chi connectivity index (χ0n) is 15.1. The highest BCUT2D eigenvalue weighted by molar-refractivity contribution is 5.94. The minimum absolute atomic E-state index is 0.0357. The molecule has 5 heteroatoms. The van der Waals surface area contributed by atoms with Gasteiger partial charge in [-0.2, -0.15) is 0 Å². The Kier molecular flexibility index (Phi) is 5.89. The summed E-state index contributed by atoms with van der Waals surface area (Å²) >= 11 is 0. The summed E-state index contributed by atoms with van der Waals surface area (Å²) in [6, 6.07) is 17.6. The number of likely N-dealkylation sites (tertiary alicyclic amines) is 1. The summed E-state index contributed by atoms with van der Waals surface area (Å²) in [5.74, 6) is 0.192. The Labute approximate surface area is 154 Å². The molecular formula is C21H25N3O2. The lowest BCUT2D eigenvalue weighted by atomic mass is 9.89. The van der Waals surface area contributed by atoms with Crippen molar-refractivity contribution in [2.75, 3.05) is 20.1 Å². The molecule has 1 fully saturated rings. The van der Waals surface area contributed by atoms with Gasteiger partial charge in [0.2, 0.25) is 0 Å². The topological polar surface area (TPSA) is 61.4 Å². The van der Waals surface area contributed by atoms with Crippen molar-refractivity contribution in [3.8, 4) is 0 Å². The van der Waals surface area contributed by atoms with E-state index < -0.39 is 0 Å². The van der Waals surface area contributed by atoms with E-state index >= 15 is 0 Å². The lowest BCUT2D eigenvalue weighted by Gasteiger charge is -2.32. The first-order valence-electron chi connectivity index (χ1n) is 9.06. The molecule has 1 aliphatic rings. The summed E-state index contributed by atoms with van der Waals surface area (Å²) in [4.78, 5) is 26.2. The van der Waals surface area contributed by atoms with Crippen molar-refractivity contribution in [3.63, 3.8) is 0 Å². The molecule has 0 aliphatic carbocycles. The molecule has 136 valence electrons. The van der Waals surface area contributed by atoms with Crippen LogP contribution in [-0.2, 0) is 6.54 Å². The molecule has 2 aromatic rings. The molecule has 5 nitrogen and oxygen atoms in total. The Morgan fingerprint density at radius 2 is 1.92 bits per heavy atom. The number of carbonyl (C=O) groups is 2. The van der Waals surface area contributed by atoms with Gasteiger partial charge in [-0.15, -0.1) is 0 Å². The number of rotatable bonds is 4. The molecule has 0 spiro atoms. The first-order valence-corrected chi connectivity index (χ1v) is 9.06. The summed E-state index contributed by atoms with van der Waals surface area (Å²) in [6.07, 6.45) is 2.01. The average molecular weight is 351 g/mol. The van der Waals surface area contributed by atoms with E-state index in [0.29, 0.717) is 18.7 Å². The largest absolute Gasteiger partial charge is 0.348 e. The van der Waals surface area contributed by atoms with Gasteiger partial charge >= 0.3 is 6.03 Å². The van der Waals surface area contributed by atoms with E-state index in [1.165, 1.54) is 0 Å². The van der Waals surface area contributed by atoms with Crippen LogP contribution in [0.25, 0.3) is 0 Å². The minimum atomic E-state index is -0.0744. The van der Waals surface area contributed by atoms with Crippen LogP contribution >= 0.6 is 0 Å². The maximum absolute atomic E-state index is 12.5. The van der Waals surface area contributed by atoms with Gasteiger partial charge in [0.1, 0.15) is 0 Å². The number of urea groups is 1. The van der Waals surface area contributed by atoms with Gasteiger partial charge in [0.15, 0.2) is 0 Å². The molecule has 1 aliphatic heterocycles. The third-order valence-electron chi connectivity index (χ3n) is 4.84. The maximum Gasteiger partial charge on any atom is 0.317 e. The predicted molar refractivity (Wildman–Crippen MR) is 102 cm³/mol. The number of hydrogen-bond donors (Lipinski definition) is 2. The van der Waals surface area contributed by atoms with Gasteiger partial charge in [-0.05, 0) is 36.1 Å². The number of nitrogens with zero attached hydrogens (tertiary/aromatic N) is 1. The van der Waals surface area contributed by atoms with E-state index in [1.807, 2.05) is 59.5 Å². The molecular weight excluding hydrogens is 326 g/mol. The first-order chi connectivity index (χ1) is 12.7. The van der Waals surface area contributed by atoms with Crippen molar-refractivity contribution in [1.29, 1.82) is 0 Å². The normalized spacial score (nSPS) is 16.8. The molecule has 0 bridgehead atoms. The standard InChI is InChI=1S/C21H25N3O2/c1-22-21(26)24-12-6-11-19(15-24)17-9-5-10-18(13-17)20(25)23-14-16-7-3-2-4-8-16/h2-5,7-10,13,19H,6,11-12,14-15H2,1H3,(H,22,26)(H,23,25)/t19-/m1/s1. The van der Waals surface area contributed by atoms with Crippen LogP contribution in [0.4, 0.5) is 4.79 Å². The van der Waals surface area contributed by atoms with Crippen LogP contribution in [0, 0.1) is 0 Å². The molecule has 26 heavy (non-hydrogen) atoms. The van der Waals surface area contributed by atoms with E-state index in [-0.39, 0.29) is 17.9 Å². The van der Waals surface area contributed by atoms with E-state index in [1.54, 1.807) is 7.05 Å². The van der Waals surface area contributed by atoms with Crippen LogP contribution in [-0.4, -0.2) is 37.0 Å². The van der Waals surface area contributed by atoms with Crippen LogP contribution in [0.5, 0.6) is 0 Å². The van der Waals surface area contributed by atoms with Crippen LogP contribution in [0.1, 0.15) is 40.2 Å². The number of piperidine rings is 1. The second-order valence-corrected chi connectivity index (χ2v) is 6.63. The molecule has 1 heterocycles. The fourth-order valence-corrected chi connectivity index (χ4v) is 3.41. The van der Waals surface area contributed by atoms with Gasteiger partial charge in [-0.1, -0.05) is 42.5 Å².